The minimum Gasteiger partial charge on any atom is -0.368 e. The van der Waals surface area contributed by atoms with Crippen molar-refractivity contribution in [2.24, 2.45) is 0 Å². The lowest BCUT2D eigenvalue weighted by molar-refractivity contribution is -0.124. The molecule has 28 heavy (non-hydrogen) atoms. The largest absolute Gasteiger partial charge is 0.368 e. The summed E-state index contributed by atoms with van der Waals surface area (Å²) < 4.78 is 5.37. The fraction of sp³-hybridized carbons (Fsp3) is 0.381. The van der Waals surface area contributed by atoms with E-state index in [-0.39, 0.29) is 23.9 Å². The number of anilines is 1. The molecule has 1 aromatic heterocycles. The van der Waals surface area contributed by atoms with Crippen molar-refractivity contribution in [3.8, 4) is 0 Å². The number of aryl methyl sites for hydroxylation is 2. The van der Waals surface area contributed by atoms with Gasteiger partial charge in [-0.3, -0.25) is 14.4 Å². The lowest BCUT2D eigenvalue weighted by Gasteiger charge is -2.11. The summed E-state index contributed by atoms with van der Waals surface area (Å²) in [6.45, 7) is 0.760. The molecule has 146 valence electrons. The monoisotopic (exact) mass is 381 g/mol. The van der Waals surface area contributed by atoms with Crippen molar-refractivity contribution in [1.82, 2.24) is 10.3 Å². The smallest absolute Gasteiger partial charge is 0.253 e. The first-order valence-corrected chi connectivity index (χ1v) is 9.65. The van der Waals surface area contributed by atoms with E-state index >= 15 is 0 Å². The van der Waals surface area contributed by atoms with Gasteiger partial charge in [0.05, 0.1) is 0 Å². The van der Waals surface area contributed by atoms with Crippen LogP contribution in [0.15, 0.2) is 35.1 Å². The molecule has 0 radical (unpaired) electrons. The molecule has 1 atom stereocenters. The van der Waals surface area contributed by atoms with Gasteiger partial charge < -0.3 is 20.4 Å². The predicted molar refractivity (Wildman–Crippen MR) is 104 cm³/mol. The van der Waals surface area contributed by atoms with Crippen LogP contribution in [0.5, 0.6) is 0 Å². The Morgan fingerprint density at radius 2 is 2.07 bits per heavy atom. The van der Waals surface area contributed by atoms with E-state index in [4.69, 9.17) is 4.74 Å². The van der Waals surface area contributed by atoms with E-state index in [1.165, 1.54) is 0 Å². The first kappa shape index (κ1) is 18.4. The summed E-state index contributed by atoms with van der Waals surface area (Å²) in [6, 6.07) is 8.62. The molecule has 1 fully saturated rings. The Bertz CT molecular complexity index is 960. The van der Waals surface area contributed by atoms with Gasteiger partial charge in [-0.05, 0) is 61.9 Å². The van der Waals surface area contributed by atoms with Crippen LogP contribution in [0, 0.1) is 0 Å². The molecule has 7 nitrogen and oxygen atoms in total. The molecule has 0 bridgehead atoms. The van der Waals surface area contributed by atoms with Crippen LogP contribution < -0.4 is 16.2 Å². The van der Waals surface area contributed by atoms with Crippen LogP contribution in [0.3, 0.4) is 0 Å². The van der Waals surface area contributed by atoms with Crippen molar-refractivity contribution in [3.63, 3.8) is 0 Å². The quantitative estimate of drug-likeness (QED) is 0.737. The molecular formula is C21H23N3O4. The molecule has 7 heteroatoms. The van der Waals surface area contributed by atoms with E-state index in [0.717, 1.165) is 36.9 Å². The van der Waals surface area contributed by atoms with Gasteiger partial charge in [-0.1, -0.05) is 6.07 Å². The molecule has 2 aromatic rings. The number of rotatable bonds is 5. The molecule has 2 amide bonds. The van der Waals surface area contributed by atoms with Crippen LogP contribution in [0.2, 0.25) is 0 Å². The van der Waals surface area contributed by atoms with Crippen molar-refractivity contribution in [3.05, 3.63) is 63.1 Å². The highest BCUT2D eigenvalue weighted by molar-refractivity contribution is 5.98. The van der Waals surface area contributed by atoms with Gasteiger partial charge in [-0.15, -0.1) is 0 Å². The Hall–Kier alpha value is -2.93. The molecule has 0 unspecified atom stereocenters. The zero-order valence-corrected chi connectivity index (χ0v) is 15.5. The summed E-state index contributed by atoms with van der Waals surface area (Å²) in [5.41, 5.74) is 3.53. The Balaban J connectivity index is 1.40. The topological polar surface area (TPSA) is 100 Å². The summed E-state index contributed by atoms with van der Waals surface area (Å²) in [5, 5.41) is 5.58. The molecule has 4 rings (SSSR count). The van der Waals surface area contributed by atoms with Crippen LogP contribution in [0.1, 0.15) is 46.4 Å². The number of hydrogen-bond donors (Lipinski definition) is 3. The normalized spacial score (nSPS) is 17.9. The van der Waals surface area contributed by atoms with Crippen molar-refractivity contribution >= 4 is 17.5 Å². The predicted octanol–water partition coefficient (Wildman–Crippen LogP) is 1.91. The summed E-state index contributed by atoms with van der Waals surface area (Å²) >= 11 is 0. The summed E-state index contributed by atoms with van der Waals surface area (Å²) in [4.78, 5) is 39.7. The maximum Gasteiger partial charge on any atom is 0.253 e. The zero-order valence-electron chi connectivity index (χ0n) is 15.5. The number of carbonyl (C=O) groups is 2. The lowest BCUT2D eigenvalue weighted by atomic mass is 10.1. The summed E-state index contributed by atoms with van der Waals surface area (Å²) in [7, 11) is 0. The second-order valence-corrected chi connectivity index (χ2v) is 7.24. The number of nitrogens with one attached hydrogen (secondary N) is 3. The molecule has 2 aliphatic rings. The van der Waals surface area contributed by atoms with Crippen molar-refractivity contribution < 1.29 is 14.3 Å². The van der Waals surface area contributed by atoms with Crippen LogP contribution in [-0.2, 0) is 28.9 Å². The first-order valence-electron chi connectivity index (χ1n) is 9.65. The van der Waals surface area contributed by atoms with Gasteiger partial charge in [-0.2, -0.15) is 0 Å². The molecular weight excluding hydrogens is 358 g/mol. The Morgan fingerprint density at radius 1 is 1.18 bits per heavy atom. The highest BCUT2D eigenvalue weighted by atomic mass is 16.5. The zero-order chi connectivity index (χ0) is 19.5. The van der Waals surface area contributed by atoms with Crippen LogP contribution in [-0.4, -0.2) is 29.5 Å². The van der Waals surface area contributed by atoms with Gasteiger partial charge in [0.1, 0.15) is 6.10 Å². The number of amides is 2. The van der Waals surface area contributed by atoms with Gasteiger partial charge in [-0.25, -0.2) is 0 Å². The maximum atomic E-state index is 12.5. The fourth-order valence-electron chi connectivity index (χ4n) is 3.72. The van der Waals surface area contributed by atoms with E-state index in [0.29, 0.717) is 29.8 Å². The van der Waals surface area contributed by atoms with Crippen LogP contribution in [0.4, 0.5) is 5.69 Å². The number of aromatic nitrogens is 1. The summed E-state index contributed by atoms with van der Waals surface area (Å²) in [6.07, 6.45) is 4.07. The van der Waals surface area contributed by atoms with Gasteiger partial charge in [0.25, 0.3) is 17.4 Å². The second kappa shape index (κ2) is 7.98. The molecule has 1 saturated heterocycles. The molecule has 3 N–H and O–H groups in total. The third kappa shape index (κ3) is 3.99. The van der Waals surface area contributed by atoms with Crippen LogP contribution in [0.25, 0.3) is 0 Å². The summed E-state index contributed by atoms with van der Waals surface area (Å²) in [5.74, 6) is -0.493. The third-order valence-electron chi connectivity index (χ3n) is 5.22. The number of ether oxygens (including phenoxy) is 1. The molecule has 0 spiro atoms. The Kier molecular flexibility index (Phi) is 5.25. The molecule has 1 aromatic carbocycles. The number of benzene rings is 1. The lowest BCUT2D eigenvalue weighted by Crippen LogP contribution is -2.28. The van der Waals surface area contributed by atoms with Crippen LogP contribution >= 0.6 is 0 Å². The van der Waals surface area contributed by atoms with E-state index in [1.54, 1.807) is 24.3 Å². The average molecular weight is 381 g/mol. The number of pyridine rings is 1. The number of hydrogen-bond acceptors (Lipinski definition) is 4. The van der Waals surface area contributed by atoms with Gasteiger partial charge in [0.15, 0.2) is 0 Å². The molecule has 1 aliphatic heterocycles. The number of aromatic amines is 1. The number of carbonyl (C=O) groups excluding carboxylic acids is 2. The minimum absolute atomic E-state index is 0.154. The molecule has 2 heterocycles. The van der Waals surface area contributed by atoms with Gasteiger partial charge in [0.2, 0.25) is 0 Å². The van der Waals surface area contributed by atoms with E-state index in [9.17, 15) is 14.4 Å². The average Bonchev–Trinajstić information content (AvgIpc) is 3.37. The second-order valence-electron chi connectivity index (χ2n) is 7.24. The van der Waals surface area contributed by atoms with Crippen molar-refractivity contribution in [2.45, 2.75) is 44.8 Å². The maximum absolute atomic E-state index is 12.5. The van der Waals surface area contributed by atoms with Crippen molar-refractivity contribution in [2.75, 3.05) is 11.9 Å². The number of H-pyrrole nitrogens is 1. The Labute approximate surface area is 162 Å². The molecule has 0 saturated carbocycles. The first-order chi connectivity index (χ1) is 13.6. The third-order valence-corrected chi connectivity index (χ3v) is 5.22. The highest BCUT2D eigenvalue weighted by Gasteiger charge is 2.23. The number of fused-ring (bicyclic) bond motifs is 1. The van der Waals surface area contributed by atoms with E-state index in [1.807, 2.05) is 6.07 Å². The minimum atomic E-state index is -0.427. The molecule has 1 aliphatic carbocycles. The van der Waals surface area contributed by atoms with Gasteiger partial charge >= 0.3 is 0 Å². The van der Waals surface area contributed by atoms with E-state index < -0.39 is 6.10 Å². The Morgan fingerprint density at radius 3 is 2.89 bits per heavy atom. The fourth-order valence-corrected chi connectivity index (χ4v) is 3.72. The van der Waals surface area contributed by atoms with Gasteiger partial charge in [0, 0.05) is 35.7 Å². The SMILES string of the molecule is O=C(NCc1cc2c([nH]c1=O)CCC2)c1cccc(NC(=O)[C@H]2CCCO2)c1. The van der Waals surface area contributed by atoms with Crippen molar-refractivity contribution in [1.29, 1.82) is 0 Å². The highest BCUT2D eigenvalue weighted by Crippen LogP contribution is 2.19. The van der Waals surface area contributed by atoms with E-state index in [2.05, 4.69) is 15.6 Å². The standard InChI is InChI=1S/C21H23N3O4/c25-19(22-12-15-10-13-4-2-7-17(13)24-20(15)26)14-5-1-6-16(11-14)23-21(27)18-8-3-9-28-18/h1,5-6,10-11,18H,2-4,7-9,12H2,(H,22,25)(H,23,27)(H,24,26)/t18-/m1/s1.